The van der Waals surface area contributed by atoms with E-state index in [-0.39, 0.29) is 12.1 Å². The standard InChI is InChI=1S/C35H54O3/c1-4-7-9-11-12-13-14-15-16-17-18-19-20-22-27-31-35(36)37-32(6-3)28-24-23-26-30-34-33(38-34)29-25-21-10-8-5-2/h6,12-13,15-16,32-34H,3-5,7-11,14,17-22,25,27,29-31H2,1-2H3/b13-12-,16-15-/t32-,33+,34-/m1/s1. The number of hydrogen-bond donors (Lipinski definition) is 0. The van der Waals surface area contributed by atoms with Crippen LogP contribution in [0, 0.1) is 23.7 Å². The normalized spacial score (nSPS) is 17.0. The Kier molecular flexibility index (Phi) is 22.3. The van der Waals surface area contributed by atoms with Crippen molar-refractivity contribution in [3.05, 3.63) is 37.0 Å². The second-order valence-corrected chi connectivity index (χ2v) is 10.3. The number of carbonyl (C=O) groups excluding carboxylic acids is 1. The number of unbranched alkanes of at least 4 members (excludes halogenated alkanes) is 12. The van der Waals surface area contributed by atoms with Crippen molar-refractivity contribution in [3.8, 4) is 23.7 Å². The molecule has 0 amide bonds. The number of ether oxygens (including phenoxy) is 2. The van der Waals surface area contributed by atoms with Crippen LogP contribution in [-0.2, 0) is 14.3 Å². The van der Waals surface area contributed by atoms with Gasteiger partial charge in [0.15, 0.2) is 6.10 Å². The molecule has 0 aromatic heterocycles. The Morgan fingerprint density at radius 1 is 0.816 bits per heavy atom. The lowest BCUT2D eigenvalue weighted by molar-refractivity contribution is -0.144. The summed E-state index contributed by atoms with van der Waals surface area (Å²) in [4.78, 5) is 12.1. The first-order valence-corrected chi connectivity index (χ1v) is 15.5. The fourth-order valence-corrected chi connectivity index (χ4v) is 4.28. The van der Waals surface area contributed by atoms with E-state index in [0.29, 0.717) is 12.5 Å². The van der Waals surface area contributed by atoms with Gasteiger partial charge >= 0.3 is 5.97 Å². The van der Waals surface area contributed by atoms with E-state index in [4.69, 9.17) is 9.47 Å². The molecule has 1 aliphatic rings. The third-order valence-corrected chi connectivity index (χ3v) is 6.75. The van der Waals surface area contributed by atoms with Crippen LogP contribution in [0.15, 0.2) is 37.0 Å². The van der Waals surface area contributed by atoms with Crippen molar-refractivity contribution in [1.29, 1.82) is 0 Å². The van der Waals surface area contributed by atoms with Crippen molar-refractivity contribution in [2.75, 3.05) is 0 Å². The first-order valence-electron chi connectivity index (χ1n) is 15.5. The topological polar surface area (TPSA) is 38.8 Å². The number of hydrogen-bond acceptors (Lipinski definition) is 3. The van der Waals surface area contributed by atoms with E-state index >= 15 is 0 Å². The smallest absolute Gasteiger partial charge is 0.307 e. The van der Waals surface area contributed by atoms with Gasteiger partial charge in [-0.3, -0.25) is 4.79 Å². The summed E-state index contributed by atoms with van der Waals surface area (Å²) in [5, 5.41) is 0. The molecular formula is C35H54O3. The molecule has 3 atom stereocenters. The van der Waals surface area contributed by atoms with Gasteiger partial charge in [-0.2, -0.15) is 0 Å². The lowest BCUT2D eigenvalue weighted by atomic mass is 10.1. The fraction of sp³-hybridized carbons (Fsp3) is 0.686. The van der Waals surface area contributed by atoms with Gasteiger partial charge < -0.3 is 9.47 Å². The average molecular weight is 523 g/mol. The van der Waals surface area contributed by atoms with Crippen LogP contribution in [0.1, 0.15) is 136 Å². The molecule has 1 aliphatic heterocycles. The van der Waals surface area contributed by atoms with E-state index in [1.807, 2.05) is 0 Å². The molecule has 1 heterocycles. The molecule has 0 bridgehead atoms. The van der Waals surface area contributed by atoms with E-state index in [9.17, 15) is 4.79 Å². The molecule has 0 spiro atoms. The molecule has 0 N–H and O–H groups in total. The van der Waals surface area contributed by atoms with Gasteiger partial charge in [-0.25, -0.2) is 0 Å². The summed E-state index contributed by atoms with van der Waals surface area (Å²) in [7, 11) is 0. The van der Waals surface area contributed by atoms with Gasteiger partial charge in [0.1, 0.15) is 0 Å². The number of esters is 1. The van der Waals surface area contributed by atoms with Gasteiger partial charge in [0.05, 0.1) is 12.2 Å². The predicted molar refractivity (Wildman–Crippen MR) is 162 cm³/mol. The largest absolute Gasteiger partial charge is 0.445 e. The summed E-state index contributed by atoms with van der Waals surface area (Å²) in [5.41, 5.74) is 0. The fourth-order valence-electron chi connectivity index (χ4n) is 4.28. The van der Waals surface area contributed by atoms with Gasteiger partial charge in [-0.05, 0) is 68.8 Å². The summed E-state index contributed by atoms with van der Waals surface area (Å²) >= 11 is 0. The van der Waals surface area contributed by atoms with Crippen molar-refractivity contribution in [1.82, 2.24) is 0 Å². The van der Waals surface area contributed by atoms with E-state index in [1.165, 1.54) is 70.6 Å². The van der Waals surface area contributed by atoms with Gasteiger partial charge in [0, 0.05) is 12.8 Å². The molecule has 0 aromatic rings. The molecule has 0 radical (unpaired) electrons. The molecule has 0 unspecified atom stereocenters. The Bertz CT molecular complexity index is 785. The van der Waals surface area contributed by atoms with Crippen LogP contribution in [0.5, 0.6) is 0 Å². The van der Waals surface area contributed by atoms with Gasteiger partial charge in [0.2, 0.25) is 0 Å². The highest BCUT2D eigenvalue weighted by Gasteiger charge is 2.36. The lowest BCUT2D eigenvalue weighted by Gasteiger charge is -2.07. The lowest BCUT2D eigenvalue weighted by Crippen LogP contribution is -2.13. The molecular weight excluding hydrogens is 468 g/mol. The van der Waals surface area contributed by atoms with E-state index < -0.39 is 6.10 Å². The maximum atomic E-state index is 12.1. The second kappa shape index (κ2) is 25.1. The van der Waals surface area contributed by atoms with Gasteiger partial charge in [-0.1, -0.05) is 115 Å². The van der Waals surface area contributed by atoms with Crippen molar-refractivity contribution >= 4 is 5.97 Å². The monoisotopic (exact) mass is 522 g/mol. The van der Waals surface area contributed by atoms with Crippen molar-refractivity contribution in [3.63, 3.8) is 0 Å². The highest BCUT2D eigenvalue weighted by atomic mass is 16.6. The maximum Gasteiger partial charge on any atom is 0.307 e. The van der Waals surface area contributed by atoms with Crippen LogP contribution in [-0.4, -0.2) is 24.3 Å². The highest BCUT2D eigenvalue weighted by Crippen LogP contribution is 2.29. The van der Waals surface area contributed by atoms with E-state index in [0.717, 1.165) is 44.9 Å². The Morgan fingerprint density at radius 3 is 2.18 bits per heavy atom. The number of rotatable bonds is 23. The molecule has 1 saturated heterocycles. The molecule has 0 aromatic carbocycles. The first-order chi connectivity index (χ1) is 18.7. The van der Waals surface area contributed by atoms with Crippen LogP contribution in [0.2, 0.25) is 0 Å². The molecule has 3 nitrogen and oxygen atoms in total. The summed E-state index contributed by atoms with van der Waals surface area (Å²) in [5.74, 6) is 11.4. The summed E-state index contributed by atoms with van der Waals surface area (Å²) in [6.45, 7) is 8.21. The minimum absolute atomic E-state index is 0.212. The SMILES string of the molecule is C=C[C@H](C#CC#CC[C@H]1O[C@H]1CCCCCCC)OC(=O)CCCCCCC/C=C\C/C=C\CCCCC. The molecule has 1 rings (SSSR count). The molecule has 212 valence electrons. The van der Waals surface area contributed by atoms with Crippen LogP contribution in [0.25, 0.3) is 0 Å². The first kappa shape index (κ1) is 33.8. The van der Waals surface area contributed by atoms with E-state index in [2.05, 4.69) is 68.4 Å². The Morgan fingerprint density at radius 2 is 1.45 bits per heavy atom. The minimum Gasteiger partial charge on any atom is -0.445 e. The maximum absolute atomic E-state index is 12.1. The number of epoxide rings is 1. The minimum atomic E-state index is -0.595. The Hall–Kier alpha value is -2.23. The third kappa shape index (κ3) is 20.8. The zero-order valence-electron chi connectivity index (χ0n) is 24.5. The summed E-state index contributed by atoms with van der Waals surface area (Å²) in [6, 6.07) is 0. The molecule has 3 heteroatoms. The zero-order chi connectivity index (χ0) is 27.5. The second-order valence-electron chi connectivity index (χ2n) is 10.3. The average Bonchev–Trinajstić information content (AvgIpc) is 3.67. The number of carbonyl (C=O) groups is 1. The van der Waals surface area contributed by atoms with Crippen LogP contribution in [0.3, 0.4) is 0 Å². The van der Waals surface area contributed by atoms with Crippen LogP contribution >= 0.6 is 0 Å². The quantitative estimate of drug-likeness (QED) is 0.0441. The number of allylic oxidation sites excluding steroid dienone is 4. The summed E-state index contributed by atoms with van der Waals surface area (Å²) in [6.07, 6.45) is 32.3. The van der Waals surface area contributed by atoms with Gasteiger partial charge in [-0.15, -0.1) is 0 Å². The van der Waals surface area contributed by atoms with Crippen LogP contribution in [0.4, 0.5) is 0 Å². The van der Waals surface area contributed by atoms with E-state index in [1.54, 1.807) is 6.08 Å². The molecule has 38 heavy (non-hydrogen) atoms. The van der Waals surface area contributed by atoms with Crippen molar-refractivity contribution in [2.45, 2.75) is 154 Å². The Labute approximate surface area is 234 Å². The third-order valence-electron chi connectivity index (χ3n) is 6.75. The van der Waals surface area contributed by atoms with Gasteiger partial charge in [0.25, 0.3) is 0 Å². The summed E-state index contributed by atoms with van der Waals surface area (Å²) < 4.78 is 11.1. The predicted octanol–water partition coefficient (Wildman–Crippen LogP) is 9.42. The molecule has 0 saturated carbocycles. The zero-order valence-corrected chi connectivity index (χ0v) is 24.5. The molecule has 1 fully saturated rings. The van der Waals surface area contributed by atoms with Crippen LogP contribution < -0.4 is 0 Å². The van der Waals surface area contributed by atoms with Crippen molar-refractivity contribution < 1.29 is 14.3 Å². The molecule has 0 aliphatic carbocycles. The van der Waals surface area contributed by atoms with Crippen molar-refractivity contribution in [2.24, 2.45) is 0 Å². The Balaban J connectivity index is 2.01. The highest BCUT2D eigenvalue weighted by molar-refractivity contribution is 5.70.